The molecule has 2 aromatic heterocycles. The van der Waals surface area contributed by atoms with Crippen LogP contribution in [0.4, 0.5) is 0 Å². The fourth-order valence-electron chi connectivity index (χ4n) is 2.21. The molecule has 6 heteroatoms. The molecule has 1 aliphatic heterocycles. The smallest absolute Gasteiger partial charge is 0.254 e. The molecule has 0 saturated carbocycles. The normalized spacial score (nSPS) is 15.6. The van der Waals surface area contributed by atoms with Gasteiger partial charge in [-0.05, 0) is 25.0 Å². The van der Waals surface area contributed by atoms with E-state index < -0.39 is 0 Å². The van der Waals surface area contributed by atoms with Crippen LogP contribution in [0, 0.1) is 0 Å². The number of carbonyl (C=O) groups is 1. The van der Waals surface area contributed by atoms with Crippen LogP contribution in [-0.4, -0.2) is 40.1 Å². The number of rotatable bonds is 3. The maximum absolute atomic E-state index is 12.1. The molecule has 0 spiro atoms. The van der Waals surface area contributed by atoms with Gasteiger partial charge >= 0.3 is 0 Å². The van der Waals surface area contributed by atoms with Gasteiger partial charge in [-0.15, -0.1) is 0 Å². The van der Waals surface area contributed by atoms with Gasteiger partial charge in [-0.2, -0.15) is 0 Å². The first-order chi connectivity index (χ1) is 10.3. The maximum atomic E-state index is 12.1. The van der Waals surface area contributed by atoms with Gasteiger partial charge < -0.3 is 10.1 Å². The van der Waals surface area contributed by atoms with Crippen LogP contribution in [0.25, 0.3) is 11.4 Å². The number of hydrogen-bond acceptors (Lipinski definition) is 5. The summed E-state index contributed by atoms with van der Waals surface area (Å²) >= 11 is 0. The van der Waals surface area contributed by atoms with Crippen LogP contribution >= 0.6 is 0 Å². The fraction of sp³-hybridized carbons (Fsp3) is 0.333. The van der Waals surface area contributed by atoms with E-state index in [1.165, 1.54) is 0 Å². The van der Waals surface area contributed by atoms with Crippen molar-refractivity contribution in [1.82, 2.24) is 20.3 Å². The van der Waals surface area contributed by atoms with Crippen molar-refractivity contribution in [3.05, 3.63) is 42.5 Å². The van der Waals surface area contributed by atoms with Crippen LogP contribution in [0.2, 0.25) is 0 Å². The lowest BCUT2D eigenvalue weighted by Crippen LogP contribution is -2.38. The zero-order valence-electron chi connectivity index (χ0n) is 11.5. The SMILES string of the molecule is O=C(NC1CCOCC1)c1cnc(-c2ccncc2)nc1. The molecule has 21 heavy (non-hydrogen) atoms. The Bertz CT molecular complexity index is 595. The summed E-state index contributed by atoms with van der Waals surface area (Å²) in [6.45, 7) is 1.39. The molecule has 108 valence electrons. The number of carbonyl (C=O) groups excluding carboxylic acids is 1. The summed E-state index contributed by atoms with van der Waals surface area (Å²) in [4.78, 5) is 24.5. The second-order valence-electron chi connectivity index (χ2n) is 4.89. The van der Waals surface area contributed by atoms with Crippen molar-refractivity contribution in [3.8, 4) is 11.4 Å². The standard InChI is InChI=1S/C15H16N4O2/c20-15(19-13-3-7-21-8-4-13)12-9-17-14(18-10-12)11-1-5-16-6-2-11/h1-2,5-6,9-10,13H,3-4,7-8H2,(H,19,20). The second-order valence-corrected chi connectivity index (χ2v) is 4.89. The number of amides is 1. The largest absolute Gasteiger partial charge is 0.381 e. The van der Waals surface area contributed by atoms with Gasteiger partial charge in [-0.3, -0.25) is 9.78 Å². The lowest BCUT2D eigenvalue weighted by Gasteiger charge is -2.22. The summed E-state index contributed by atoms with van der Waals surface area (Å²) in [5.74, 6) is 0.447. The number of nitrogens with zero attached hydrogens (tertiary/aromatic N) is 3. The van der Waals surface area contributed by atoms with Crippen molar-refractivity contribution in [2.45, 2.75) is 18.9 Å². The highest BCUT2D eigenvalue weighted by Gasteiger charge is 2.17. The van der Waals surface area contributed by atoms with Crippen LogP contribution < -0.4 is 5.32 Å². The highest BCUT2D eigenvalue weighted by molar-refractivity contribution is 5.93. The van der Waals surface area contributed by atoms with Gasteiger partial charge in [0.1, 0.15) is 0 Å². The summed E-state index contributed by atoms with van der Waals surface area (Å²) in [6.07, 6.45) is 8.17. The third kappa shape index (κ3) is 3.41. The molecule has 1 aliphatic rings. The maximum Gasteiger partial charge on any atom is 0.254 e. The van der Waals surface area contributed by atoms with Crippen LogP contribution in [-0.2, 0) is 4.74 Å². The summed E-state index contributed by atoms with van der Waals surface area (Å²) in [5.41, 5.74) is 1.35. The van der Waals surface area contributed by atoms with Crippen molar-refractivity contribution in [3.63, 3.8) is 0 Å². The van der Waals surface area contributed by atoms with Gasteiger partial charge in [0.05, 0.1) is 5.56 Å². The highest BCUT2D eigenvalue weighted by atomic mass is 16.5. The van der Waals surface area contributed by atoms with E-state index in [0.717, 1.165) is 18.4 Å². The summed E-state index contributed by atoms with van der Waals surface area (Å²) in [6, 6.07) is 3.83. The van der Waals surface area contributed by atoms with E-state index in [-0.39, 0.29) is 11.9 Å². The van der Waals surface area contributed by atoms with Crippen molar-refractivity contribution in [1.29, 1.82) is 0 Å². The minimum Gasteiger partial charge on any atom is -0.381 e. The lowest BCUT2D eigenvalue weighted by atomic mass is 10.1. The van der Waals surface area contributed by atoms with Gasteiger partial charge in [0.2, 0.25) is 0 Å². The molecular weight excluding hydrogens is 268 g/mol. The Kier molecular flexibility index (Phi) is 4.16. The third-order valence-corrected chi connectivity index (χ3v) is 3.41. The van der Waals surface area contributed by atoms with Gasteiger partial charge in [0.15, 0.2) is 5.82 Å². The molecule has 0 unspecified atom stereocenters. The zero-order valence-corrected chi connectivity index (χ0v) is 11.5. The summed E-state index contributed by atoms with van der Waals surface area (Å²) in [5, 5.41) is 2.99. The predicted molar refractivity (Wildman–Crippen MR) is 76.6 cm³/mol. The van der Waals surface area contributed by atoms with Crippen LogP contribution in [0.15, 0.2) is 36.9 Å². The quantitative estimate of drug-likeness (QED) is 0.923. The summed E-state index contributed by atoms with van der Waals surface area (Å²) < 4.78 is 5.27. The van der Waals surface area contributed by atoms with Gasteiger partial charge in [0.25, 0.3) is 5.91 Å². The molecular formula is C15H16N4O2. The Labute approximate surface area is 122 Å². The average molecular weight is 284 g/mol. The minimum atomic E-state index is -0.136. The minimum absolute atomic E-state index is 0.136. The third-order valence-electron chi connectivity index (χ3n) is 3.41. The number of nitrogens with one attached hydrogen (secondary N) is 1. The van der Waals surface area contributed by atoms with Crippen molar-refractivity contribution in [2.75, 3.05) is 13.2 Å². The Morgan fingerprint density at radius 3 is 2.48 bits per heavy atom. The van der Waals surface area contributed by atoms with E-state index in [1.54, 1.807) is 24.8 Å². The van der Waals surface area contributed by atoms with Crippen molar-refractivity contribution >= 4 is 5.91 Å². The molecule has 0 atom stereocenters. The molecule has 6 nitrogen and oxygen atoms in total. The monoisotopic (exact) mass is 284 g/mol. The molecule has 0 aromatic carbocycles. The number of hydrogen-bond donors (Lipinski definition) is 1. The molecule has 0 radical (unpaired) electrons. The summed E-state index contributed by atoms with van der Waals surface area (Å²) in [7, 11) is 0. The Morgan fingerprint density at radius 2 is 1.81 bits per heavy atom. The molecule has 1 amide bonds. The van der Waals surface area contributed by atoms with Crippen LogP contribution in [0.5, 0.6) is 0 Å². The predicted octanol–water partition coefficient (Wildman–Crippen LogP) is 1.45. The number of pyridine rings is 1. The Morgan fingerprint density at radius 1 is 1.14 bits per heavy atom. The van der Waals surface area contributed by atoms with Crippen molar-refractivity contribution in [2.24, 2.45) is 0 Å². The van der Waals surface area contributed by atoms with E-state index in [1.807, 2.05) is 12.1 Å². The van der Waals surface area contributed by atoms with Gasteiger partial charge in [-0.25, -0.2) is 9.97 Å². The first kappa shape index (κ1) is 13.6. The molecule has 3 rings (SSSR count). The van der Waals surface area contributed by atoms with Gasteiger partial charge in [-0.1, -0.05) is 0 Å². The van der Waals surface area contributed by atoms with Crippen molar-refractivity contribution < 1.29 is 9.53 Å². The van der Waals surface area contributed by atoms with E-state index in [2.05, 4.69) is 20.3 Å². The molecule has 1 N–H and O–H groups in total. The zero-order chi connectivity index (χ0) is 14.5. The van der Waals surface area contributed by atoms with E-state index >= 15 is 0 Å². The lowest BCUT2D eigenvalue weighted by molar-refractivity contribution is 0.0696. The number of aromatic nitrogens is 3. The molecule has 3 heterocycles. The molecule has 0 aliphatic carbocycles. The first-order valence-electron chi connectivity index (χ1n) is 6.94. The van der Waals surface area contributed by atoms with Gasteiger partial charge in [0, 0.05) is 49.6 Å². The highest BCUT2D eigenvalue weighted by Crippen LogP contribution is 2.13. The fourth-order valence-corrected chi connectivity index (χ4v) is 2.21. The Balaban J connectivity index is 1.67. The van der Waals surface area contributed by atoms with Crippen LogP contribution in [0.1, 0.15) is 23.2 Å². The first-order valence-corrected chi connectivity index (χ1v) is 6.94. The van der Waals surface area contributed by atoms with E-state index in [4.69, 9.17) is 4.74 Å². The van der Waals surface area contributed by atoms with E-state index in [0.29, 0.717) is 24.6 Å². The molecule has 0 bridgehead atoms. The molecule has 2 aromatic rings. The number of ether oxygens (including phenoxy) is 1. The Hall–Kier alpha value is -2.34. The van der Waals surface area contributed by atoms with Crippen LogP contribution in [0.3, 0.4) is 0 Å². The molecule has 1 saturated heterocycles. The second kappa shape index (κ2) is 6.41. The molecule has 1 fully saturated rings. The average Bonchev–Trinajstić information content (AvgIpc) is 2.57. The van der Waals surface area contributed by atoms with E-state index in [9.17, 15) is 4.79 Å². The topological polar surface area (TPSA) is 77.0 Å².